The number of para-hydroxylation sites is 1. The number of benzene rings is 1. The second-order valence-corrected chi connectivity index (χ2v) is 4.21. The lowest BCUT2D eigenvalue weighted by atomic mass is 10.2. The van der Waals surface area contributed by atoms with Crippen LogP contribution in [0.3, 0.4) is 0 Å². The third kappa shape index (κ3) is 3.84. The Labute approximate surface area is 111 Å². The van der Waals surface area contributed by atoms with Gasteiger partial charge in [-0.3, -0.25) is 4.98 Å². The summed E-state index contributed by atoms with van der Waals surface area (Å²) in [7, 11) is 0. The van der Waals surface area contributed by atoms with Gasteiger partial charge in [0.1, 0.15) is 23.7 Å². The van der Waals surface area contributed by atoms with Gasteiger partial charge in [-0.15, -0.1) is 0 Å². The van der Waals surface area contributed by atoms with E-state index in [2.05, 4.69) is 9.55 Å². The number of carboxylic acids is 1. The van der Waals surface area contributed by atoms with E-state index in [1.54, 1.807) is 24.3 Å². The van der Waals surface area contributed by atoms with E-state index in [1.807, 2.05) is 18.7 Å². The zero-order valence-electron chi connectivity index (χ0n) is 10.6. The molecule has 0 aliphatic carbocycles. The number of aromatic nitrogens is 2. The maximum atomic E-state index is 11.0. The van der Waals surface area contributed by atoms with E-state index in [0.717, 1.165) is 19.4 Å². The zero-order valence-corrected chi connectivity index (χ0v) is 10.6. The van der Waals surface area contributed by atoms with E-state index in [0.29, 0.717) is 12.4 Å². The number of hydrogen-bond donors (Lipinski definition) is 2. The van der Waals surface area contributed by atoms with Crippen molar-refractivity contribution in [3.8, 4) is 5.75 Å². The van der Waals surface area contributed by atoms with Crippen LogP contribution in [0.25, 0.3) is 0 Å². The molecule has 0 unspecified atom stereocenters. The average Bonchev–Trinajstić information content (AvgIpc) is 2.92. The molecule has 1 heterocycles. The summed E-state index contributed by atoms with van der Waals surface area (Å²) < 4.78 is 7.58. The van der Waals surface area contributed by atoms with Gasteiger partial charge in [0, 0.05) is 0 Å². The normalized spacial score (nSPS) is 10.3. The lowest BCUT2D eigenvalue weighted by Crippen LogP contribution is -2.30. The van der Waals surface area contributed by atoms with E-state index >= 15 is 0 Å². The van der Waals surface area contributed by atoms with Gasteiger partial charge in [-0.05, 0) is 25.0 Å². The summed E-state index contributed by atoms with van der Waals surface area (Å²) in [5, 5.41) is 9.01. The molecule has 0 amide bonds. The SMILES string of the molecule is O=C(O)c1ccccc1OCCCC[n+]1cc[nH]c1. The van der Waals surface area contributed by atoms with Crippen LogP contribution in [0.4, 0.5) is 0 Å². The number of rotatable bonds is 7. The molecule has 0 fully saturated rings. The number of hydrogen-bond acceptors (Lipinski definition) is 2. The molecule has 5 heteroatoms. The van der Waals surface area contributed by atoms with Gasteiger partial charge in [0.2, 0.25) is 6.33 Å². The molecule has 0 saturated carbocycles. The number of carboxylic acid groups (broad SMARTS) is 1. The van der Waals surface area contributed by atoms with Crippen LogP contribution in [0.2, 0.25) is 0 Å². The van der Waals surface area contributed by atoms with Gasteiger partial charge < -0.3 is 9.84 Å². The molecular weight excluding hydrogens is 244 g/mol. The Bertz CT molecular complexity index is 523. The van der Waals surface area contributed by atoms with Crippen molar-refractivity contribution < 1.29 is 19.2 Å². The van der Waals surface area contributed by atoms with Crippen molar-refractivity contribution in [1.82, 2.24) is 4.98 Å². The summed E-state index contributed by atoms with van der Waals surface area (Å²) in [5.41, 5.74) is 0.211. The number of aromatic carboxylic acids is 1. The number of nitrogens with zero attached hydrogens (tertiary/aromatic N) is 1. The quantitative estimate of drug-likeness (QED) is 0.590. The fourth-order valence-electron chi connectivity index (χ4n) is 1.81. The van der Waals surface area contributed by atoms with Gasteiger partial charge >= 0.3 is 5.97 Å². The van der Waals surface area contributed by atoms with Crippen LogP contribution < -0.4 is 9.30 Å². The number of nitrogens with one attached hydrogen (secondary N) is 1. The average molecular weight is 261 g/mol. The molecule has 0 spiro atoms. The van der Waals surface area contributed by atoms with Gasteiger partial charge in [-0.2, -0.15) is 0 Å². The predicted octanol–water partition coefficient (Wildman–Crippen LogP) is 1.86. The molecule has 0 radical (unpaired) electrons. The maximum Gasteiger partial charge on any atom is 0.339 e. The first-order valence-corrected chi connectivity index (χ1v) is 6.24. The highest BCUT2D eigenvalue weighted by molar-refractivity contribution is 5.90. The number of unbranched alkanes of at least 4 members (excludes halogenated alkanes) is 1. The number of imidazole rings is 1. The molecule has 0 aliphatic rings. The molecule has 100 valence electrons. The molecule has 1 aromatic heterocycles. The maximum absolute atomic E-state index is 11.0. The smallest absolute Gasteiger partial charge is 0.339 e. The van der Waals surface area contributed by atoms with Gasteiger partial charge in [-0.25, -0.2) is 9.36 Å². The highest BCUT2D eigenvalue weighted by atomic mass is 16.5. The molecule has 2 rings (SSSR count). The minimum Gasteiger partial charge on any atom is -0.493 e. The number of aromatic amines is 1. The van der Waals surface area contributed by atoms with Crippen LogP contribution in [-0.4, -0.2) is 22.7 Å². The molecule has 2 N–H and O–H groups in total. The van der Waals surface area contributed by atoms with E-state index < -0.39 is 5.97 Å². The minimum absolute atomic E-state index is 0.211. The van der Waals surface area contributed by atoms with Crippen molar-refractivity contribution in [1.29, 1.82) is 0 Å². The largest absolute Gasteiger partial charge is 0.493 e. The second-order valence-electron chi connectivity index (χ2n) is 4.21. The predicted molar refractivity (Wildman–Crippen MR) is 69.1 cm³/mol. The lowest BCUT2D eigenvalue weighted by molar-refractivity contribution is -0.696. The minimum atomic E-state index is -0.960. The van der Waals surface area contributed by atoms with Crippen LogP contribution in [-0.2, 0) is 6.54 Å². The van der Waals surface area contributed by atoms with E-state index in [-0.39, 0.29) is 5.56 Å². The Hall–Kier alpha value is -2.30. The lowest BCUT2D eigenvalue weighted by Gasteiger charge is -2.08. The monoisotopic (exact) mass is 261 g/mol. The Morgan fingerprint density at radius 3 is 2.89 bits per heavy atom. The zero-order chi connectivity index (χ0) is 13.5. The van der Waals surface area contributed by atoms with Crippen molar-refractivity contribution in [2.24, 2.45) is 0 Å². The molecule has 0 bridgehead atoms. The van der Waals surface area contributed by atoms with Crippen molar-refractivity contribution in [2.45, 2.75) is 19.4 Å². The van der Waals surface area contributed by atoms with Crippen LogP contribution in [0.5, 0.6) is 5.75 Å². The highest BCUT2D eigenvalue weighted by Crippen LogP contribution is 2.17. The Kier molecular flexibility index (Phi) is 4.55. The van der Waals surface area contributed by atoms with Crippen molar-refractivity contribution in [3.63, 3.8) is 0 Å². The van der Waals surface area contributed by atoms with Crippen LogP contribution in [0.15, 0.2) is 43.0 Å². The molecule has 5 nitrogen and oxygen atoms in total. The summed E-state index contributed by atoms with van der Waals surface area (Å²) >= 11 is 0. The van der Waals surface area contributed by atoms with Gasteiger partial charge in [-0.1, -0.05) is 12.1 Å². The Morgan fingerprint density at radius 2 is 2.16 bits per heavy atom. The number of aryl methyl sites for hydroxylation is 1. The fourth-order valence-corrected chi connectivity index (χ4v) is 1.81. The summed E-state index contributed by atoms with van der Waals surface area (Å²) in [6.45, 7) is 1.45. The first kappa shape index (κ1) is 13.1. The van der Waals surface area contributed by atoms with Gasteiger partial charge in [0.25, 0.3) is 0 Å². The van der Waals surface area contributed by atoms with E-state index in [1.165, 1.54) is 0 Å². The van der Waals surface area contributed by atoms with Crippen molar-refractivity contribution in [2.75, 3.05) is 6.61 Å². The summed E-state index contributed by atoms with van der Waals surface area (Å²) in [5.74, 6) is -0.525. The molecular formula is C14H17N2O3+. The third-order valence-electron chi connectivity index (χ3n) is 2.79. The first-order chi connectivity index (χ1) is 9.27. The van der Waals surface area contributed by atoms with E-state index in [9.17, 15) is 4.79 Å². The molecule has 2 aromatic rings. The number of carbonyl (C=O) groups is 1. The first-order valence-electron chi connectivity index (χ1n) is 6.24. The van der Waals surface area contributed by atoms with E-state index in [4.69, 9.17) is 9.84 Å². The van der Waals surface area contributed by atoms with Crippen LogP contribution in [0, 0.1) is 0 Å². The topological polar surface area (TPSA) is 66.2 Å². The van der Waals surface area contributed by atoms with Crippen LogP contribution in [0.1, 0.15) is 23.2 Å². The number of H-pyrrole nitrogens is 1. The molecule has 19 heavy (non-hydrogen) atoms. The van der Waals surface area contributed by atoms with Gasteiger partial charge in [0.15, 0.2) is 0 Å². The number of ether oxygens (including phenoxy) is 1. The highest BCUT2D eigenvalue weighted by Gasteiger charge is 2.09. The second kappa shape index (κ2) is 6.58. The fraction of sp³-hybridized carbons (Fsp3) is 0.286. The standard InChI is InChI=1S/C14H16N2O3/c17-14(18)12-5-1-2-6-13(12)19-10-4-3-8-16-9-7-15-11-16/h1-2,5-7,9,11H,3-4,8,10H2,(H,17,18)/p+1. The Balaban J connectivity index is 1.75. The molecule has 0 saturated heterocycles. The third-order valence-corrected chi connectivity index (χ3v) is 2.79. The van der Waals surface area contributed by atoms with Crippen LogP contribution >= 0.6 is 0 Å². The molecule has 0 aliphatic heterocycles. The summed E-state index contributed by atoms with van der Waals surface area (Å²) in [4.78, 5) is 14.0. The van der Waals surface area contributed by atoms with Crippen molar-refractivity contribution >= 4 is 5.97 Å². The van der Waals surface area contributed by atoms with Gasteiger partial charge in [0.05, 0.1) is 13.2 Å². The summed E-state index contributed by atoms with van der Waals surface area (Å²) in [6, 6.07) is 6.70. The summed E-state index contributed by atoms with van der Waals surface area (Å²) in [6.07, 6.45) is 7.62. The Morgan fingerprint density at radius 1 is 1.32 bits per heavy atom. The van der Waals surface area contributed by atoms with Crippen molar-refractivity contribution in [3.05, 3.63) is 48.5 Å². The molecule has 0 atom stereocenters. The molecule has 1 aromatic carbocycles.